The third-order valence-corrected chi connectivity index (χ3v) is 1.94. The number of nitrogens with one attached hydrogen (secondary N) is 1. The van der Waals surface area contributed by atoms with Crippen LogP contribution in [0.25, 0.3) is 0 Å². The Morgan fingerprint density at radius 3 is 2.21 bits per heavy atom. The molecule has 19 heavy (non-hydrogen) atoms. The van der Waals surface area contributed by atoms with Gasteiger partial charge in [-0.3, -0.25) is 0 Å². The first kappa shape index (κ1) is 17.0. The molecule has 2 rings (SSSR count). The third kappa shape index (κ3) is 5.95. The van der Waals surface area contributed by atoms with Gasteiger partial charge in [0.05, 0.1) is 5.69 Å². The molecular weight excluding hydrogens is 241 g/mol. The largest absolute Gasteiger partial charge is 0.338 e. The summed E-state index contributed by atoms with van der Waals surface area (Å²) in [6.45, 7) is 9.86. The van der Waals surface area contributed by atoms with Crippen molar-refractivity contribution in [1.82, 2.24) is 9.97 Å². The van der Waals surface area contributed by atoms with E-state index in [0.717, 1.165) is 5.69 Å². The topological polar surface area (TPSA) is 37.8 Å². The molecule has 4 heteroatoms. The van der Waals surface area contributed by atoms with Gasteiger partial charge in [0.2, 0.25) is 0 Å². The number of anilines is 2. The van der Waals surface area contributed by atoms with Crippen LogP contribution in [-0.4, -0.2) is 9.97 Å². The lowest BCUT2D eigenvalue weighted by atomic mass is 10.3. The highest BCUT2D eigenvalue weighted by molar-refractivity contribution is 5.56. The molecule has 1 heterocycles. The molecule has 0 amide bonds. The second kappa shape index (κ2) is 10.00. The molecule has 0 aliphatic carbocycles. The van der Waals surface area contributed by atoms with Gasteiger partial charge in [-0.2, -0.15) is 0 Å². The summed E-state index contributed by atoms with van der Waals surface area (Å²) in [6.07, 6.45) is 1.44. The second-order valence-electron chi connectivity index (χ2n) is 3.15. The molecule has 3 nitrogen and oxygen atoms in total. The van der Waals surface area contributed by atoms with Crippen LogP contribution in [0.2, 0.25) is 0 Å². The predicted octanol–water partition coefficient (Wildman–Crippen LogP) is 4.72. The molecule has 2 aromatic rings. The van der Waals surface area contributed by atoms with Gasteiger partial charge in [0.25, 0.3) is 0 Å². The van der Waals surface area contributed by atoms with Gasteiger partial charge in [-0.05, 0) is 19.1 Å². The summed E-state index contributed by atoms with van der Waals surface area (Å²) < 4.78 is 13.3. The van der Waals surface area contributed by atoms with Crippen molar-refractivity contribution in [1.29, 1.82) is 0 Å². The first-order valence-corrected chi connectivity index (χ1v) is 6.56. The van der Waals surface area contributed by atoms with Gasteiger partial charge in [-0.15, -0.1) is 0 Å². The van der Waals surface area contributed by atoms with E-state index in [1.54, 1.807) is 24.3 Å². The Morgan fingerprint density at radius 2 is 1.63 bits per heavy atom. The Hall–Kier alpha value is -1.97. The van der Waals surface area contributed by atoms with Crippen molar-refractivity contribution in [3.8, 4) is 0 Å². The molecule has 0 saturated carbocycles. The number of halogens is 1. The molecule has 1 aromatic heterocycles. The first-order valence-electron chi connectivity index (χ1n) is 6.56. The van der Waals surface area contributed by atoms with Crippen molar-refractivity contribution in [2.75, 3.05) is 5.32 Å². The highest BCUT2D eigenvalue weighted by Crippen LogP contribution is 2.17. The van der Waals surface area contributed by atoms with E-state index in [9.17, 15) is 4.39 Å². The van der Waals surface area contributed by atoms with Crippen molar-refractivity contribution >= 4 is 11.5 Å². The summed E-state index contributed by atoms with van der Waals surface area (Å²) in [5.74, 6) is 0.293. The van der Waals surface area contributed by atoms with Gasteiger partial charge in [0, 0.05) is 11.8 Å². The number of aryl methyl sites for hydroxylation is 1. The van der Waals surface area contributed by atoms with Crippen LogP contribution in [0, 0.1) is 12.7 Å². The van der Waals surface area contributed by atoms with Gasteiger partial charge in [-0.1, -0.05) is 39.8 Å². The minimum Gasteiger partial charge on any atom is -0.338 e. The Balaban J connectivity index is 0.000000741. The van der Waals surface area contributed by atoms with Crippen LogP contribution in [0.3, 0.4) is 0 Å². The molecule has 104 valence electrons. The smallest absolute Gasteiger partial charge is 0.146 e. The van der Waals surface area contributed by atoms with Crippen LogP contribution in [0.5, 0.6) is 0 Å². The monoisotopic (exact) mass is 263 g/mol. The van der Waals surface area contributed by atoms with Gasteiger partial charge < -0.3 is 5.32 Å². The summed E-state index contributed by atoms with van der Waals surface area (Å²) in [7, 11) is 0. The Bertz CT molecular complexity index is 472. The SMILES string of the molecule is CC.CC.Cc1cc(Nc2ccccc2F)ncn1. The van der Waals surface area contributed by atoms with Gasteiger partial charge >= 0.3 is 0 Å². The molecule has 1 aromatic carbocycles. The van der Waals surface area contributed by atoms with E-state index in [1.165, 1.54) is 12.4 Å². The normalized spacial score (nSPS) is 8.53. The minimum atomic E-state index is -0.297. The molecule has 0 fully saturated rings. The van der Waals surface area contributed by atoms with Crippen LogP contribution in [-0.2, 0) is 0 Å². The fourth-order valence-electron chi connectivity index (χ4n) is 1.22. The van der Waals surface area contributed by atoms with E-state index in [4.69, 9.17) is 0 Å². The Morgan fingerprint density at radius 1 is 1.00 bits per heavy atom. The number of nitrogens with zero attached hydrogens (tertiary/aromatic N) is 2. The lowest BCUT2D eigenvalue weighted by molar-refractivity contribution is 0.632. The zero-order valence-corrected chi connectivity index (χ0v) is 12.2. The predicted molar refractivity (Wildman–Crippen MR) is 79.1 cm³/mol. The van der Waals surface area contributed by atoms with E-state index < -0.39 is 0 Å². The minimum absolute atomic E-state index is 0.297. The molecule has 0 spiro atoms. The van der Waals surface area contributed by atoms with Gasteiger partial charge in [0.15, 0.2) is 0 Å². The molecular formula is C15H22FN3. The van der Waals surface area contributed by atoms with E-state index in [-0.39, 0.29) is 5.82 Å². The van der Waals surface area contributed by atoms with Crippen LogP contribution in [0.15, 0.2) is 36.7 Å². The number of benzene rings is 1. The molecule has 0 unspecified atom stereocenters. The lowest BCUT2D eigenvalue weighted by Gasteiger charge is -2.06. The summed E-state index contributed by atoms with van der Waals surface area (Å²) in [5, 5.41) is 2.89. The molecule has 0 aliphatic rings. The number of hydrogen-bond donors (Lipinski definition) is 1. The molecule has 0 bridgehead atoms. The number of aromatic nitrogens is 2. The quantitative estimate of drug-likeness (QED) is 0.851. The van der Waals surface area contributed by atoms with E-state index in [1.807, 2.05) is 34.6 Å². The standard InChI is InChI=1S/C11H10FN3.2C2H6/c1-8-6-11(14-7-13-8)15-10-5-3-2-4-9(10)12;2*1-2/h2-7H,1H3,(H,13,14,15);2*1-2H3. The maximum atomic E-state index is 13.3. The molecule has 0 radical (unpaired) electrons. The van der Waals surface area contributed by atoms with Gasteiger partial charge in [0.1, 0.15) is 18.0 Å². The van der Waals surface area contributed by atoms with Crippen LogP contribution in [0.1, 0.15) is 33.4 Å². The maximum Gasteiger partial charge on any atom is 0.146 e. The highest BCUT2D eigenvalue weighted by Gasteiger charge is 2.01. The molecule has 0 saturated heterocycles. The highest BCUT2D eigenvalue weighted by atomic mass is 19.1. The first-order chi connectivity index (χ1) is 9.25. The number of hydrogen-bond acceptors (Lipinski definition) is 3. The van der Waals surface area contributed by atoms with Gasteiger partial charge in [-0.25, -0.2) is 14.4 Å². The maximum absolute atomic E-state index is 13.3. The van der Waals surface area contributed by atoms with Crippen molar-refractivity contribution in [2.45, 2.75) is 34.6 Å². The average molecular weight is 263 g/mol. The molecule has 1 N–H and O–H groups in total. The third-order valence-electron chi connectivity index (χ3n) is 1.94. The van der Waals surface area contributed by atoms with Crippen LogP contribution >= 0.6 is 0 Å². The molecule has 0 atom stereocenters. The van der Waals surface area contributed by atoms with E-state index in [0.29, 0.717) is 11.5 Å². The fraction of sp³-hybridized carbons (Fsp3) is 0.333. The van der Waals surface area contributed by atoms with E-state index in [2.05, 4.69) is 15.3 Å². The fourth-order valence-corrected chi connectivity index (χ4v) is 1.22. The summed E-state index contributed by atoms with van der Waals surface area (Å²) in [5.41, 5.74) is 1.25. The average Bonchev–Trinajstić information content (AvgIpc) is 2.46. The summed E-state index contributed by atoms with van der Waals surface area (Å²) in [6, 6.07) is 8.22. The van der Waals surface area contributed by atoms with Crippen LogP contribution < -0.4 is 5.32 Å². The number of rotatable bonds is 2. The van der Waals surface area contributed by atoms with Crippen LogP contribution in [0.4, 0.5) is 15.9 Å². The second-order valence-corrected chi connectivity index (χ2v) is 3.15. The van der Waals surface area contributed by atoms with Crippen molar-refractivity contribution in [3.63, 3.8) is 0 Å². The zero-order valence-electron chi connectivity index (χ0n) is 12.2. The van der Waals surface area contributed by atoms with E-state index >= 15 is 0 Å². The molecule has 0 aliphatic heterocycles. The Labute approximate surface area is 114 Å². The van der Waals surface area contributed by atoms with Crippen molar-refractivity contribution in [2.24, 2.45) is 0 Å². The van der Waals surface area contributed by atoms with Crippen molar-refractivity contribution < 1.29 is 4.39 Å². The summed E-state index contributed by atoms with van der Waals surface area (Å²) in [4.78, 5) is 7.95. The zero-order chi connectivity index (χ0) is 14.7. The Kier molecular flexibility index (Phi) is 8.96. The summed E-state index contributed by atoms with van der Waals surface area (Å²) >= 11 is 0. The number of para-hydroxylation sites is 1. The lowest BCUT2D eigenvalue weighted by Crippen LogP contribution is -1.97. The van der Waals surface area contributed by atoms with Crippen molar-refractivity contribution in [3.05, 3.63) is 48.2 Å².